The zero-order valence-electron chi connectivity index (χ0n) is 81.1. The van der Waals surface area contributed by atoms with E-state index >= 15 is 0 Å². The Balaban J connectivity index is 0.000000122. The summed E-state index contributed by atoms with van der Waals surface area (Å²) >= 11 is 2.71. The Labute approximate surface area is 843 Å². The van der Waals surface area contributed by atoms with Crippen molar-refractivity contribution in [2.45, 2.75) is 46.3 Å². The highest BCUT2D eigenvalue weighted by Gasteiger charge is 2.38. The van der Waals surface area contributed by atoms with Crippen LogP contribution in [0.25, 0.3) is 98.7 Å². The predicted octanol–water partition coefficient (Wildman–Crippen LogP) is 21.3. The number of anilines is 2. The van der Waals surface area contributed by atoms with Gasteiger partial charge in [-0.15, -0.1) is 0 Å². The number of aliphatic hydroxyl groups excluding tert-OH is 1. The zero-order chi connectivity index (χ0) is 103. The third-order valence-corrected chi connectivity index (χ3v) is 30.3. The average Bonchev–Trinajstić information content (AvgIpc) is 1.45. The number of ether oxygens (including phenoxy) is 12. The largest absolute Gasteiger partial charge is 0.508 e. The van der Waals surface area contributed by atoms with Crippen molar-refractivity contribution >= 4 is 103 Å². The number of methoxy groups -OCH3 is 10. The molecule has 0 spiro atoms. The van der Waals surface area contributed by atoms with Gasteiger partial charge in [-0.25, -0.2) is 26.4 Å². The van der Waals surface area contributed by atoms with E-state index in [-0.39, 0.29) is 50.9 Å². The van der Waals surface area contributed by atoms with Gasteiger partial charge >= 0.3 is 11.3 Å². The molecule has 0 saturated carbocycles. The summed E-state index contributed by atoms with van der Waals surface area (Å²) in [6.07, 6.45) is 0. The van der Waals surface area contributed by atoms with E-state index < -0.39 is 36.7 Å². The Morgan fingerprint density at radius 3 is 1.26 bits per heavy atom. The van der Waals surface area contributed by atoms with Crippen molar-refractivity contribution in [3.05, 3.63) is 360 Å². The summed E-state index contributed by atoms with van der Waals surface area (Å²) in [5.41, 5.74) is 13.5. The number of aryl methyl sites for hydroxylation is 2. The second kappa shape index (κ2) is 43.6. The van der Waals surface area contributed by atoms with Crippen molar-refractivity contribution < 1.29 is 98.2 Å². The van der Waals surface area contributed by atoms with Crippen LogP contribution in [0.1, 0.15) is 43.6 Å². The number of nitrogens with zero attached hydrogens (tertiary/aromatic N) is 3. The monoisotopic (exact) mass is 2030 g/mol. The van der Waals surface area contributed by atoms with Gasteiger partial charge in [0.05, 0.1) is 120 Å². The Hall–Kier alpha value is -16.4. The van der Waals surface area contributed by atoms with E-state index in [0.29, 0.717) is 123 Å². The van der Waals surface area contributed by atoms with Crippen LogP contribution >= 0.6 is 23.5 Å². The summed E-state index contributed by atoms with van der Waals surface area (Å²) in [6.45, 7) is 4.40. The topological polar surface area (TPSA) is 350 Å². The quantitative estimate of drug-likeness (QED) is 0.102. The number of aromatic hydroxyl groups is 2. The van der Waals surface area contributed by atoms with Gasteiger partial charge in [0.15, 0.2) is 0 Å². The number of aliphatic hydroxyl groups is 1. The molecule has 22 rings (SSSR count). The van der Waals surface area contributed by atoms with Gasteiger partial charge in [-0.2, -0.15) is 0 Å². The summed E-state index contributed by atoms with van der Waals surface area (Å²) < 4.78 is 124. The van der Waals surface area contributed by atoms with Crippen LogP contribution in [0.4, 0.5) is 11.4 Å². The minimum atomic E-state index is -3.75. The van der Waals surface area contributed by atoms with Gasteiger partial charge in [-0.05, 0) is 262 Å². The number of carbonyl (C=O) groups excluding carboxylic acids is 1. The van der Waals surface area contributed by atoms with Crippen LogP contribution in [0.2, 0.25) is 0 Å². The van der Waals surface area contributed by atoms with Crippen molar-refractivity contribution in [1.29, 1.82) is 0 Å². The number of rotatable bonds is 12. The van der Waals surface area contributed by atoms with Gasteiger partial charge in [0.1, 0.15) is 85.9 Å². The number of benzene rings is 15. The number of thioether (sulfide) groups is 2. The molecule has 15 aromatic carbocycles. The molecular formula is C113H99N3O25S4. The first kappa shape index (κ1) is 102. The average molecular weight is 2030 g/mol. The summed E-state index contributed by atoms with van der Waals surface area (Å²) in [6, 6.07) is 85.2. The SMILES string of the molecule is COc1ccc2c(c1)N(C)S(=O)(=O)c1cc(OC)ccc1-2.COc1ccc2c(c1)N(Cc1ccccc1)S(=O)(=O)c1cc(OC)ccc1-2.COc1ccc2c(c1)SC(O)c1cc(OC)ccc1-2.COc1ccc2c(c1)c(=O)n(C)c(=O)c1cc(OC)ccc12.COc1ccc2c(c1)c(=O)oc(=O)c1cc(OC)ccc12.Cc1ccc2c(c1)C(=O)SCc1cc(O)ccc1-2.Cc1ccc2c(c1)OCOc1cc(O)ccc1-2. The number of aromatic nitrogens is 1. The summed E-state index contributed by atoms with van der Waals surface area (Å²) in [4.78, 5) is 62.9. The third-order valence-electron chi connectivity index (χ3n) is 24.7. The molecule has 32 heteroatoms. The second-order valence-corrected chi connectivity index (χ2v) is 39.1. The minimum absolute atomic E-state index is 0.101. The fourth-order valence-electron chi connectivity index (χ4n) is 17.1. The number of carbonyl (C=O) groups is 1. The fraction of sp³-hybridized carbons (Fsp3) is 0.159. The minimum Gasteiger partial charge on any atom is -0.508 e. The Morgan fingerprint density at radius 2 is 0.738 bits per heavy atom. The van der Waals surface area contributed by atoms with Crippen LogP contribution in [0.3, 0.4) is 0 Å². The first-order valence-corrected chi connectivity index (χ1v) is 49.7. The van der Waals surface area contributed by atoms with Crippen LogP contribution in [0.5, 0.6) is 80.5 Å². The molecule has 0 bridgehead atoms. The lowest BCUT2D eigenvalue weighted by atomic mass is 9.95. The van der Waals surface area contributed by atoms with Gasteiger partial charge in [-0.1, -0.05) is 95.8 Å². The van der Waals surface area contributed by atoms with Gasteiger partial charge in [0, 0.05) is 99.6 Å². The number of hydrogen-bond acceptors (Lipinski definition) is 27. The first-order chi connectivity index (χ1) is 69.8. The molecule has 0 aliphatic carbocycles. The molecule has 5 aliphatic rings. The van der Waals surface area contributed by atoms with Crippen LogP contribution in [0, 0.1) is 13.8 Å². The van der Waals surface area contributed by atoms with Gasteiger partial charge in [0.2, 0.25) is 11.9 Å². The first-order valence-electron chi connectivity index (χ1n) is 45.0. The fourth-order valence-corrected chi connectivity index (χ4v) is 22.1. The molecule has 740 valence electrons. The summed E-state index contributed by atoms with van der Waals surface area (Å²) in [5, 5.41) is 33.5. The van der Waals surface area contributed by atoms with Crippen molar-refractivity contribution in [1.82, 2.24) is 4.57 Å². The van der Waals surface area contributed by atoms with Crippen LogP contribution in [-0.2, 0) is 39.4 Å². The molecule has 0 saturated heterocycles. The number of fused-ring (bicyclic) bond motifs is 21. The molecule has 0 radical (unpaired) electrons. The molecule has 1 atom stereocenters. The van der Waals surface area contributed by atoms with E-state index in [4.69, 9.17) is 61.3 Å². The molecule has 28 nitrogen and oxygen atoms in total. The van der Waals surface area contributed by atoms with Crippen molar-refractivity contribution in [3.8, 4) is 136 Å². The smallest absolute Gasteiger partial charge is 0.346 e. The van der Waals surface area contributed by atoms with Crippen LogP contribution < -0.4 is 87.8 Å². The number of phenolic OH excluding ortho intramolecular Hbond substituents is 2. The van der Waals surface area contributed by atoms with E-state index in [1.807, 2.05) is 153 Å². The lowest BCUT2D eigenvalue weighted by Gasteiger charge is -2.32. The van der Waals surface area contributed by atoms with Crippen molar-refractivity contribution in [3.63, 3.8) is 0 Å². The highest BCUT2D eigenvalue weighted by atomic mass is 32.2. The lowest BCUT2D eigenvalue weighted by molar-refractivity contribution is 0.108. The van der Waals surface area contributed by atoms with Crippen molar-refractivity contribution in [2.24, 2.45) is 7.05 Å². The van der Waals surface area contributed by atoms with E-state index in [9.17, 15) is 56.1 Å². The molecule has 5 aliphatic heterocycles. The van der Waals surface area contributed by atoms with Crippen molar-refractivity contribution in [2.75, 3.05) is 93.5 Å². The number of hydrogen-bond donors (Lipinski definition) is 3. The maximum Gasteiger partial charge on any atom is 0.346 e. The van der Waals surface area contributed by atoms with Crippen LogP contribution in [-0.4, -0.2) is 127 Å². The number of sulfonamides is 2. The van der Waals surface area contributed by atoms with E-state index in [1.54, 1.807) is 174 Å². The highest BCUT2D eigenvalue weighted by molar-refractivity contribution is 8.13. The summed E-state index contributed by atoms with van der Waals surface area (Å²) in [7, 11) is 11.2. The van der Waals surface area contributed by atoms with E-state index in [2.05, 4.69) is 0 Å². The maximum absolute atomic E-state index is 13.5. The maximum atomic E-state index is 13.5. The van der Waals surface area contributed by atoms with Gasteiger partial charge in [0.25, 0.3) is 31.2 Å². The number of phenols is 2. The second-order valence-electron chi connectivity index (χ2n) is 33.3. The normalized spacial score (nSPS) is 13.4. The van der Waals surface area contributed by atoms with Gasteiger partial charge < -0.3 is 76.6 Å². The standard InChI is InChI=1S/C21H19NO4S.C17H15NO4.C16H12O5.C15H15NO4S.C15H14O3S.C15H12O2S.C14H12O3/c1-25-16-8-10-18-19-11-9-17(26-2)13-21(19)27(23,24)22(20(18)12-16)14-15-6-4-3-5-7-15;1-18-16(19)14-8-10(21-2)4-6-12(14)13-7-5-11(22-3)9-15(13)17(18)20;1-19-9-3-5-11-12-6-4-10(20-2)8-14(12)16(18)21-15(17)13(11)7-9;1-16-14-8-10(19-2)4-6-12(14)13-7-5-11(20-3)9-15(13)21(16,17)18;1-17-9-3-5-11-12-6-4-10(18-2)8-14(12)19-15(16)13(11)7-9;1-9-2-4-13-12-5-3-11(16)7-10(12)8-18-15(17)14(13)6-9;1-9-2-4-11-12-5-3-10(15)7-14(12)17-8-16-13(11)6-9/h3-13H,14H2,1-2H3;4-9H,1-3H3;3-8H,1-2H3;4-9H,1-3H3;3-8,15-16H,1-2H3;2-7,16H,8H2,1H3;2-7,15H,8H2,1H3. The molecule has 0 amide bonds. The molecule has 1 unspecified atom stereocenters. The van der Waals surface area contributed by atoms with Gasteiger partial charge in [-0.3, -0.25) is 27.6 Å². The van der Waals surface area contributed by atoms with E-state index in [1.165, 1.54) is 88.9 Å². The molecule has 17 aromatic rings. The van der Waals surface area contributed by atoms with E-state index in [0.717, 1.165) is 105 Å². The third kappa shape index (κ3) is 21.1. The molecule has 7 heterocycles. The lowest BCUT2D eigenvalue weighted by Crippen LogP contribution is -2.33. The predicted molar refractivity (Wildman–Crippen MR) is 565 cm³/mol. The zero-order valence-corrected chi connectivity index (χ0v) is 84.4. The Bertz CT molecular complexity index is 8220. The Kier molecular flexibility index (Phi) is 30.5. The molecular weight excluding hydrogens is 1930 g/mol. The Morgan fingerprint density at radius 1 is 0.352 bits per heavy atom. The highest BCUT2D eigenvalue weighted by Crippen LogP contribution is 2.52. The van der Waals surface area contributed by atoms with Crippen LogP contribution in [0.15, 0.2) is 323 Å². The molecule has 3 N–H and O–H groups in total. The summed E-state index contributed by atoms with van der Waals surface area (Å²) in [5.74, 6) is 8.52. The molecule has 145 heavy (non-hydrogen) atoms. The molecule has 2 aromatic heterocycles. The molecule has 0 fully saturated rings.